The summed E-state index contributed by atoms with van der Waals surface area (Å²) in [6.07, 6.45) is 0. The maximum absolute atomic E-state index is 13.5. The molecule has 0 aliphatic carbocycles. The molecule has 0 spiro atoms. The Morgan fingerprint density at radius 2 is 1.84 bits per heavy atom. The highest BCUT2D eigenvalue weighted by Crippen LogP contribution is 2.29. The van der Waals surface area contributed by atoms with E-state index in [0.29, 0.717) is 11.3 Å². The molecule has 1 heterocycles. The van der Waals surface area contributed by atoms with Gasteiger partial charge < -0.3 is 4.42 Å². The SMILES string of the molecule is CC(=O)c1ccc(-c2cc3cccc(F)c3o2)cc1. The zero-order chi connectivity index (χ0) is 13.4. The number of hydrogen-bond donors (Lipinski definition) is 0. The van der Waals surface area contributed by atoms with Gasteiger partial charge in [0.05, 0.1) is 0 Å². The number of fused-ring (bicyclic) bond motifs is 1. The minimum Gasteiger partial charge on any atom is -0.453 e. The Hall–Kier alpha value is -2.42. The first kappa shape index (κ1) is 11.7. The number of ketones is 1. The van der Waals surface area contributed by atoms with Gasteiger partial charge in [-0.15, -0.1) is 0 Å². The molecule has 1 aromatic heterocycles. The van der Waals surface area contributed by atoms with Crippen molar-refractivity contribution < 1.29 is 13.6 Å². The van der Waals surface area contributed by atoms with Crippen molar-refractivity contribution in [3.63, 3.8) is 0 Å². The van der Waals surface area contributed by atoms with E-state index >= 15 is 0 Å². The molecule has 94 valence electrons. The first-order chi connectivity index (χ1) is 9.15. The first-order valence-corrected chi connectivity index (χ1v) is 5.94. The van der Waals surface area contributed by atoms with Crippen molar-refractivity contribution in [3.8, 4) is 11.3 Å². The van der Waals surface area contributed by atoms with Crippen LogP contribution in [0.15, 0.2) is 52.9 Å². The van der Waals surface area contributed by atoms with Gasteiger partial charge in [0.1, 0.15) is 5.76 Å². The zero-order valence-corrected chi connectivity index (χ0v) is 10.3. The zero-order valence-electron chi connectivity index (χ0n) is 10.3. The second-order valence-electron chi connectivity index (χ2n) is 4.40. The van der Waals surface area contributed by atoms with Gasteiger partial charge in [-0.2, -0.15) is 0 Å². The van der Waals surface area contributed by atoms with Crippen molar-refractivity contribution in [3.05, 3.63) is 59.9 Å². The third-order valence-corrected chi connectivity index (χ3v) is 3.07. The summed E-state index contributed by atoms with van der Waals surface area (Å²) in [4.78, 5) is 11.2. The number of halogens is 1. The molecule has 0 aliphatic heterocycles. The average molecular weight is 254 g/mol. The number of furan rings is 1. The van der Waals surface area contributed by atoms with E-state index in [-0.39, 0.29) is 17.2 Å². The quantitative estimate of drug-likeness (QED) is 0.633. The van der Waals surface area contributed by atoms with Crippen LogP contribution in [0.3, 0.4) is 0 Å². The van der Waals surface area contributed by atoms with Crippen LogP contribution in [-0.4, -0.2) is 5.78 Å². The standard InChI is InChI=1S/C16H11FO2/c1-10(18)11-5-7-12(8-6-11)15-9-13-3-2-4-14(17)16(13)19-15/h2-9H,1H3. The Labute approximate surface area is 109 Å². The normalized spacial score (nSPS) is 10.8. The molecule has 0 aliphatic rings. The molecule has 0 fully saturated rings. The van der Waals surface area contributed by atoms with Crippen LogP contribution in [0, 0.1) is 5.82 Å². The van der Waals surface area contributed by atoms with E-state index in [2.05, 4.69) is 0 Å². The lowest BCUT2D eigenvalue weighted by Crippen LogP contribution is -1.90. The Morgan fingerprint density at radius 3 is 2.47 bits per heavy atom. The van der Waals surface area contributed by atoms with Gasteiger partial charge in [0.2, 0.25) is 0 Å². The van der Waals surface area contributed by atoms with Gasteiger partial charge in [-0.1, -0.05) is 36.4 Å². The van der Waals surface area contributed by atoms with Crippen LogP contribution < -0.4 is 0 Å². The van der Waals surface area contributed by atoms with Crippen molar-refractivity contribution in [1.29, 1.82) is 0 Å². The Morgan fingerprint density at radius 1 is 1.11 bits per heavy atom. The summed E-state index contributed by atoms with van der Waals surface area (Å²) in [5.74, 6) is 0.238. The molecule has 3 heteroatoms. The van der Waals surface area contributed by atoms with Crippen molar-refractivity contribution in [2.75, 3.05) is 0 Å². The Bertz CT molecular complexity index is 754. The second kappa shape index (κ2) is 4.35. The van der Waals surface area contributed by atoms with Crippen LogP contribution in [0.4, 0.5) is 4.39 Å². The molecular formula is C16H11FO2. The Kier molecular flexibility index (Phi) is 2.67. The molecule has 3 rings (SSSR count). The van der Waals surface area contributed by atoms with Crippen LogP contribution in [-0.2, 0) is 0 Å². The smallest absolute Gasteiger partial charge is 0.170 e. The molecule has 19 heavy (non-hydrogen) atoms. The maximum atomic E-state index is 13.5. The molecule has 0 bridgehead atoms. The molecule has 3 aromatic rings. The molecule has 0 saturated heterocycles. The van der Waals surface area contributed by atoms with E-state index < -0.39 is 0 Å². The summed E-state index contributed by atoms with van der Waals surface area (Å²) in [5, 5.41) is 0.727. The number of carbonyl (C=O) groups excluding carboxylic acids is 1. The Balaban J connectivity index is 2.09. The van der Waals surface area contributed by atoms with E-state index in [1.807, 2.05) is 0 Å². The lowest BCUT2D eigenvalue weighted by atomic mass is 10.1. The molecule has 0 amide bonds. The van der Waals surface area contributed by atoms with Gasteiger partial charge in [0.15, 0.2) is 17.2 Å². The van der Waals surface area contributed by atoms with Crippen LogP contribution in [0.1, 0.15) is 17.3 Å². The largest absolute Gasteiger partial charge is 0.453 e. The highest BCUT2D eigenvalue weighted by molar-refractivity contribution is 5.94. The van der Waals surface area contributed by atoms with E-state index in [9.17, 15) is 9.18 Å². The molecule has 2 aromatic carbocycles. The van der Waals surface area contributed by atoms with Crippen LogP contribution >= 0.6 is 0 Å². The van der Waals surface area contributed by atoms with Gasteiger partial charge in [-0.05, 0) is 19.1 Å². The summed E-state index contributed by atoms with van der Waals surface area (Å²) in [6.45, 7) is 1.52. The van der Waals surface area contributed by atoms with Crippen molar-refractivity contribution in [1.82, 2.24) is 0 Å². The van der Waals surface area contributed by atoms with Crippen LogP contribution in [0.25, 0.3) is 22.3 Å². The van der Waals surface area contributed by atoms with E-state index in [1.165, 1.54) is 13.0 Å². The summed E-state index contributed by atoms with van der Waals surface area (Å²) >= 11 is 0. The van der Waals surface area contributed by atoms with E-state index in [1.54, 1.807) is 42.5 Å². The third-order valence-electron chi connectivity index (χ3n) is 3.07. The molecular weight excluding hydrogens is 243 g/mol. The van der Waals surface area contributed by atoms with Gasteiger partial charge in [0, 0.05) is 16.5 Å². The highest BCUT2D eigenvalue weighted by Gasteiger charge is 2.09. The van der Waals surface area contributed by atoms with Crippen LogP contribution in [0.5, 0.6) is 0 Å². The minimum atomic E-state index is -0.371. The van der Waals surface area contributed by atoms with Crippen LogP contribution in [0.2, 0.25) is 0 Å². The third kappa shape index (κ3) is 2.03. The molecule has 0 unspecified atom stereocenters. The number of Topliss-reactive ketones (excluding diaryl/α,β-unsaturated/α-hetero) is 1. The van der Waals surface area contributed by atoms with E-state index in [4.69, 9.17) is 4.42 Å². The van der Waals surface area contributed by atoms with Gasteiger partial charge in [0.25, 0.3) is 0 Å². The summed E-state index contributed by atoms with van der Waals surface area (Å²) in [7, 11) is 0. The topological polar surface area (TPSA) is 30.2 Å². The number of rotatable bonds is 2. The number of para-hydroxylation sites is 1. The predicted molar refractivity (Wildman–Crippen MR) is 71.6 cm³/mol. The summed E-state index contributed by atoms with van der Waals surface area (Å²) in [6, 6.07) is 13.7. The average Bonchev–Trinajstić information content (AvgIpc) is 2.84. The molecule has 0 N–H and O–H groups in total. The first-order valence-electron chi connectivity index (χ1n) is 5.94. The number of carbonyl (C=O) groups is 1. The van der Waals surface area contributed by atoms with Crippen molar-refractivity contribution in [2.24, 2.45) is 0 Å². The summed E-state index contributed by atoms with van der Waals surface area (Å²) in [5.41, 5.74) is 1.72. The second-order valence-corrected chi connectivity index (χ2v) is 4.40. The minimum absolute atomic E-state index is 0.0159. The number of benzene rings is 2. The molecule has 2 nitrogen and oxygen atoms in total. The summed E-state index contributed by atoms with van der Waals surface area (Å²) < 4.78 is 19.1. The number of hydrogen-bond acceptors (Lipinski definition) is 2. The lowest BCUT2D eigenvalue weighted by Gasteiger charge is -1.98. The fourth-order valence-electron chi connectivity index (χ4n) is 2.04. The van der Waals surface area contributed by atoms with Crippen molar-refractivity contribution >= 4 is 16.8 Å². The molecule has 0 atom stereocenters. The predicted octanol–water partition coefficient (Wildman–Crippen LogP) is 4.44. The van der Waals surface area contributed by atoms with Gasteiger partial charge in [-0.3, -0.25) is 4.79 Å². The fourth-order valence-corrected chi connectivity index (χ4v) is 2.04. The monoisotopic (exact) mass is 254 g/mol. The fraction of sp³-hybridized carbons (Fsp3) is 0.0625. The van der Waals surface area contributed by atoms with E-state index in [0.717, 1.165) is 10.9 Å². The maximum Gasteiger partial charge on any atom is 0.170 e. The lowest BCUT2D eigenvalue weighted by molar-refractivity contribution is 0.101. The molecule has 0 radical (unpaired) electrons. The molecule has 0 saturated carbocycles. The van der Waals surface area contributed by atoms with Crippen molar-refractivity contribution in [2.45, 2.75) is 6.92 Å². The van der Waals surface area contributed by atoms with Gasteiger partial charge >= 0.3 is 0 Å². The van der Waals surface area contributed by atoms with Gasteiger partial charge in [-0.25, -0.2) is 4.39 Å². The highest BCUT2D eigenvalue weighted by atomic mass is 19.1.